The molecule has 3 aromatic rings. The van der Waals surface area contributed by atoms with Gasteiger partial charge in [-0.15, -0.1) is 10.2 Å². The predicted molar refractivity (Wildman–Crippen MR) is 71.1 cm³/mol. The molecule has 3 heterocycles. The number of aromatic amines is 1. The lowest BCUT2D eigenvalue weighted by Crippen LogP contribution is -2.13. The van der Waals surface area contributed by atoms with Gasteiger partial charge in [-0.3, -0.25) is 9.20 Å². The van der Waals surface area contributed by atoms with E-state index in [9.17, 15) is 15.0 Å². The topological polar surface area (TPSA) is 129 Å². The maximum Gasteiger partial charge on any atom is 0.312 e. The number of fused-ring (bicyclic) bond motifs is 1. The van der Waals surface area contributed by atoms with E-state index in [0.717, 1.165) is 0 Å². The van der Waals surface area contributed by atoms with Gasteiger partial charge < -0.3 is 10.2 Å². The van der Waals surface area contributed by atoms with Crippen molar-refractivity contribution >= 4 is 23.2 Å². The first kappa shape index (κ1) is 13.3. The molecule has 0 spiro atoms. The molecule has 0 aliphatic carbocycles. The highest BCUT2D eigenvalue weighted by molar-refractivity contribution is 6.31. The lowest BCUT2D eigenvalue weighted by molar-refractivity contribution is -0.138. The van der Waals surface area contributed by atoms with Gasteiger partial charge in [0.05, 0.1) is 16.6 Å². The number of imidazole rings is 1. The second-order valence-electron chi connectivity index (χ2n) is 4.34. The molecule has 0 aliphatic rings. The minimum Gasteiger partial charge on any atom is -0.492 e. The first-order valence-electron chi connectivity index (χ1n) is 5.87. The Labute approximate surface area is 122 Å². The molecule has 0 saturated heterocycles. The van der Waals surface area contributed by atoms with E-state index in [2.05, 4.69) is 25.6 Å². The van der Waals surface area contributed by atoms with Crippen LogP contribution in [0.25, 0.3) is 17.2 Å². The third kappa shape index (κ3) is 1.98. The highest BCUT2D eigenvalue weighted by Crippen LogP contribution is 2.34. The van der Waals surface area contributed by atoms with Gasteiger partial charge in [0.2, 0.25) is 11.7 Å². The molecular formula is C11H9ClN6O3. The van der Waals surface area contributed by atoms with Crippen molar-refractivity contribution in [3.05, 3.63) is 22.8 Å². The normalized spacial score (nSPS) is 12.7. The van der Waals surface area contributed by atoms with Crippen molar-refractivity contribution in [3.63, 3.8) is 0 Å². The van der Waals surface area contributed by atoms with Crippen LogP contribution in [-0.2, 0) is 4.79 Å². The summed E-state index contributed by atoms with van der Waals surface area (Å²) >= 11 is 6.13. The lowest BCUT2D eigenvalue weighted by atomic mass is 10.1. The number of nitrogens with one attached hydrogen (secondary N) is 1. The molecule has 3 rings (SSSR count). The van der Waals surface area contributed by atoms with Gasteiger partial charge in [-0.1, -0.05) is 11.6 Å². The third-order valence-electron chi connectivity index (χ3n) is 3.09. The zero-order chi connectivity index (χ0) is 15.1. The van der Waals surface area contributed by atoms with Crippen molar-refractivity contribution < 1.29 is 15.0 Å². The Morgan fingerprint density at radius 2 is 2.24 bits per heavy atom. The molecule has 0 fully saturated rings. The van der Waals surface area contributed by atoms with Gasteiger partial charge in [0.15, 0.2) is 5.69 Å². The number of aliphatic carboxylic acids is 1. The van der Waals surface area contributed by atoms with Crippen LogP contribution in [0.5, 0.6) is 5.88 Å². The first-order valence-corrected chi connectivity index (χ1v) is 6.25. The highest BCUT2D eigenvalue weighted by Gasteiger charge is 2.26. The van der Waals surface area contributed by atoms with Gasteiger partial charge in [-0.25, -0.2) is 0 Å². The molecule has 3 N–H and O–H groups in total. The van der Waals surface area contributed by atoms with Crippen molar-refractivity contribution in [2.75, 3.05) is 0 Å². The molecule has 0 aromatic carbocycles. The van der Waals surface area contributed by atoms with E-state index in [1.165, 1.54) is 17.4 Å². The Morgan fingerprint density at radius 3 is 2.86 bits per heavy atom. The number of carbonyl (C=O) groups is 1. The second kappa shape index (κ2) is 4.70. The number of pyridine rings is 1. The van der Waals surface area contributed by atoms with E-state index in [-0.39, 0.29) is 28.1 Å². The number of rotatable bonds is 3. The fourth-order valence-electron chi connectivity index (χ4n) is 2.10. The standard InChI is InChI=1S/C11H9ClN6O3/c1-4(11(20)21)7-5(12)2-3-6-13-10(19)8(18(6)7)9-14-16-17-15-9/h2-4,19H,1H3,(H,20,21)(H,14,15,16,17). The van der Waals surface area contributed by atoms with Crippen molar-refractivity contribution in [3.8, 4) is 17.4 Å². The SMILES string of the molecule is CC(C(=O)O)c1c(Cl)ccc2nc(O)c(-c3nn[nH]n3)n12. The third-order valence-corrected chi connectivity index (χ3v) is 3.41. The number of carboxylic acid groups (broad SMARTS) is 1. The number of tetrazole rings is 1. The maximum atomic E-state index is 11.3. The van der Waals surface area contributed by atoms with Crippen LogP contribution < -0.4 is 0 Å². The van der Waals surface area contributed by atoms with E-state index in [1.54, 1.807) is 6.07 Å². The Hall–Kier alpha value is -2.68. The van der Waals surface area contributed by atoms with Crippen LogP contribution in [-0.4, -0.2) is 46.2 Å². The van der Waals surface area contributed by atoms with Crippen LogP contribution in [0.15, 0.2) is 12.1 Å². The van der Waals surface area contributed by atoms with Gasteiger partial charge in [0.1, 0.15) is 5.65 Å². The number of hydrogen-bond donors (Lipinski definition) is 3. The van der Waals surface area contributed by atoms with Crippen molar-refractivity contribution in [2.24, 2.45) is 0 Å². The van der Waals surface area contributed by atoms with E-state index < -0.39 is 11.9 Å². The van der Waals surface area contributed by atoms with E-state index in [4.69, 9.17) is 11.6 Å². The summed E-state index contributed by atoms with van der Waals surface area (Å²) in [6.07, 6.45) is 0. The molecule has 0 aliphatic heterocycles. The number of carboxylic acids is 1. The first-order chi connectivity index (χ1) is 10.0. The Morgan fingerprint density at radius 1 is 1.48 bits per heavy atom. The molecule has 0 radical (unpaired) electrons. The van der Waals surface area contributed by atoms with Gasteiger partial charge in [0, 0.05) is 0 Å². The van der Waals surface area contributed by atoms with Crippen LogP contribution in [0.2, 0.25) is 5.02 Å². The smallest absolute Gasteiger partial charge is 0.312 e. The second-order valence-corrected chi connectivity index (χ2v) is 4.75. The number of nitrogens with zero attached hydrogens (tertiary/aromatic N) is 5. The number of H-pyrrole nitrogens is 1. The molecule has 1 atom stereocenters. The van der Waals surface area contributed by atoms with Gasteiger partial charge in [0.25, 0.3) is 0 Å². The molecule has 0 amide bonds. The van der Waals surface area contributed by atoms with E-state index in [1.807, 2.05) is 0 Å². The predicted octanol–water partition coefficient (Wildman–Crippen LogP) is 1.06. The average molecular weight is 309 g/mol. The molecule has 10 heteroatoms. The van der Waals surface area contributed by atoms with Gasteiger partial charge in [-0.05, 0) is 24.3 Å². The van der Waals surface area contributed by atoms with Crippen LogP contribution >= 0.6 is 11.6 Å². The Bertz CT molecular complexity index is 828. The molecule has 9 nitrogen and oxygen atoms in total. The Kier molecular flexibility index (Phi) is 2.98. The van der Waals surface area contributed by atoms with E-state index in [0.29, 0.717) is 5.65 Å². The maximum absolute atomic E-state index is 11.3. The van der Waals surface area contributed by atoms with Crippen molar-refractivity contribution in [2.45, 2.75) is 12.8 Å². The molecule has 3 aromatic heterocycles. The number of halogens is 1. The number of aromatic nitrogens is 6. The summed E-state index contributed by atoms with van der Waals surface area (Å²) in [7, 11) is 0. The highest BCUT2D eigenvalue weighted by atomic mass is 35.5. The van der Waals surface area contributed by atoms with Crippen LogP contribution in [0, 0.1) is 0 Å². The summed E-state index contributed by atoms with van der Waals surface area (Å²) < 4.78 is 1.42. The zero-order valence-corrected chi connectivity index (χ0v) is 11.4. The molecule has 1 unspecified atom stereocenters. The van der Waals surface area contributed by atoms with Gasteiger partial charge in [-0.2, -0.15) is 10.2 Å². The minimum atomic E-state index is -1.06. The summed E-state index contributed by atoms with van der Waals surface area (Å²) in [6, 6.07) is 3.09. The zero-order valence-electron chi connectivity index (χ0n) is 10.6. The molecule has 21 heavy (non-hydrogen) atoms. The van der Waals surface area contributed by atoms with Crippen LogP contribution in [0.1, 0.15) is 18.5 Å². The summed E-state index contributed by atoms with van der Waals surface area (Å²) in [5, 5.41) is 32.7. The van der Waals surface area contributed by atoms with Crippen LogP contribution in [0.4, 0.5) is 0 Å². The minimum absolute atomic E-state index is 0.0844. The molecular weight excluding hydrogens is 300 g/mol. The average Bonchev–Trinajstić information content (AvgIpc) is 3.04. The van der Waals surface area contributed by atoms with Crippen LogP contribution in [0.3, 0.4) is 0 Å². The lowest BCUT2D eigenvalue weighted by Gasteiger charge is -2.13. The Balaban J connectivity index is 2.41. The summed E-state index contributed by atoms with van der Waals surface area (Å²) in [6.45, 7) is 1.49. The molecule has 108 valence electrons. The monoisotopic (exact) mass is 308 g/mol. The molecule has 0 saturated carbocycles. The fourth-order valence-corrected chi connectivity index (χ4v) is 2.41. The number of aromatic hydroxyl groups is 1. The van der Waals surface area contributed by atoms with Crippen molar-refractivity contribution in [1.29, 1.82) is 0 Å². The summed E-state index contributed by atoms with van der Waals surface area (Å²) in [5.41, 5.74) is 0.735. The molecule has 0 bridgehead atoms. The fraction of sp³-hybridized carbons (Fsp3) is 0.182. The van der Waals surface area contributed by atoms with E-state index >= 15 is 0 Å². The van der Waals surface area contributed by atoms with Gasteiger partial charge >= 0.3 is 5.97 Å². The quantitative estimate of drug-likeness (QED) is 0.659. The summed E-state index contributed by atoms with van der Waals surface area (Å²) in [4.78, 5) is 15.3. The largest absolute Gasteiger partial charge is 0.492 e. The van der Waals surface area contributed by atoms with Crippen molar-refractivity contribution in [1.82, 2.24) is 30.0 Å². The summed E-state index contributed by atoms with van der Waals surface area (Å²) in [5.74, 6) is -2.23. The number of hydrogen-bond acceptors (Lipinski definition) is 6.